The number of benzene rings is 2. The number of phenolic OH excluding ortho intramolecular Hbond substituents is 3. The molecule has 12 heteroatoms. The second kappa shape index (κ2) is 9.54. The van der Waals surface area contributed by atoms with E-state index in [1.807, 2.05) is 22.6 Å². The number of phenols is 3. The molecule has 0 spiro atoms. The van der Waals surface area contributed by atoms with E-state index in [-0.39, 0.29) is 22.3 Å². The molecule has 0 bridgehead atoms. The lowest BCUT2D eigenvalue weighted by Gasteiger charge is -2.42. The van der Waals surface area contributed by atoms with Crippen molar-refractivity contribution in [1.82, 2.24) is 0 Å². The average Bonchev–Trinajstić information content (AvgIpc) is 2.86. The van der Waals surface area contributed by atoms with Crippen molar-refractivity contribution in [3.63, 3.8) is 0 Å². The van der Waals surface area contributed by atoms with Crippen molar-refractivity contribution in [1.29, 1.82) is 0 Å². The number of hydrogen-bond donors (Lipinski definition) is 6. The Kier molecular flexibility index (Phi) is 6.77. The molecule has 0 radical (unpaired) electrons. The smallest absolute Gasteiger partial charge is 0.202 e. The Morgan fingerprint density at radius 1 is 1.13 bits per heavy atom. The third kappa shape index (κ3) is 4.01. The molecule has 1 heterocycles. The highest BCUT2D eigenvalue weighted by Gasteiger charge is 2.50. The molecule has 1 fully saturated rings. The minimum Gasteiger partial charge on any atom is -0.507 e. The van der Waals surface area contributed by atoms with Crippen molar-refractivity contribution >= 4 is 39.9 Å². The van der Waals surface area contributed by atoms with Crippen molar-refractivity contribution in [3.8, 4) is 17.2 Å². The number of hydrogen-bond acceptors (Lipinski definition) is 11. The van der Waals surface area contributed by atoms with Gasteiger partial charge in [0, 0.05) is 36.0 Å². The first kappa shape index (κ1) is 27.0. The van der Waals surface area contributed by atoms with Gasteiger partial charge in [0.15, 0.2) is 17.9 Å². The molecule has 202 valence electrons. The van der Waals surface area contributed by atoms with Gasteiger partial charge in [-0.05, 0) is 13.0 Å². The van der Waals surface area contributed by atoms with Crippen LogP contribution in [0.4, 0.5) is 0 Å². The largest absolute Gasteiger partial charge is 0.507 e. The Morgan fingerprint density at radius 3 is 2.50 bits per heavy atom. The molecule has 0 saturated carbocycles. The Balaban J connectivity index is 1.71. The minimum absolute atomic E-state index is 0.142. The van der Waals surface area contributed by atoms with Gasteiger partial charge >= 0.3 is 0 Å². The number of aliphatic hydroxyl groups is 3. The van der Waals surface area contributed by atoms with Crippen LogP contribution in [0.3, 0.4) is 0 Å². The van der Waals surface area contributed by atoms with Gasteiger partial charge in [-0.2, -0.15) is 0 Å². The van der Waals surface area contributed by atoms with E-state index in [4.69, 9.17) is 9.47 Å². The summed E-state index contributed by atoms with van der Waals surface area (Å²) in [5.41, 5.74) is -4.20. The number of rotatable bonds is 4. The molecular weight excluding hydrogens is 615 g/mol. The van der Waals surface area contributed by atoms with Crippen molar-refractivity contribution in [2.45, 2.75) is 60.3 Å². The van der Waals surface area contributed by atoms with E-state index in [0.29, 0.717) is 6.42 Å². The molecule has 6 N–H and O–H groups in total. The van der Waals surface area contributed by atoms with Gasteiger partial charge in [0.1, 0.15) is 29.5 Å². The Bertz CT molecular complexity index is 1370. The molecule has 0 amide bonds. The molecule has 38 heavy (non-hydrogen) atoms. The van der Waals surface area contributed by atoms with E-state index in [1.165, 1.54) is 18.2 Å². The van der Waals surface area contributed by atoms with E-state index in [0.717, 1.165) is 0 Å². The molecule has 11 nitrogen and oxygen atoms in total. The number of ether oxygens (including phenoxy) is 2. The lowest BCUT2D eigenvalue weighted by atomic mass is 9.72. The zero-order valence-corrected chi connectivity index (χ0v) is 22.2. The summed E-state index contributed by atoms with van der Waals surface area (Å²) >= 11 is 1.93. The van der Waals surface area contributed by atoms with Crippen LogP contribution in [0.25, 0.3) is 0 Å². The molecule has 1 aliphatic heterocycles. The van der Waals surface area contributed by atoms with E-state index in [9.17, 15) is 45.0 Å². The van der Waals surface area contributed by atoms with Crippen LogP contribution in [0.15, 0.2) is 18.2 Å². The van der Waals surface area contributed by atoms with Gasteiger partial charge in [0.25, 0.3) is 0 Å². The van der Waals surface area contributed by atoms with Crippen LogP contribution >= 0.6 is 22.6 Å². The van der Waals surface area contributed by atoms with Crippen LogP contribution in [-0.4, -0.2) is 82.6 Å². The zero-order valence-electron chi connectivity index (χ0n) is 20.0. The number of Topliss-reactive ketones (excluding diaryl/α,β-unsaturated/α-hetero) is 1. The molecule has 0 aromatic heterocycles. The Hall–Kier alpha value is -2.62. The summed E-state index contributed by atoms with van der Waals surface area (Å²) in [6, 6.07) is 3.85. The maximum absolute atomic E-state index is 13.4. The van der Waals surface area contributed by atoms with Crippen LogP contribution in [0, 0.1) is 0 Å². The number of aliphatic hydroxyl groups excluding tert-OH is 2. The normalized spacial score (nSPS) is 30.4. The minimum atomic E-state index is -2.25. The molecule has 5 rings (SSSR count). The van der Waals surface area contributed by atoms with Gasteiger partial charge < -0.3 is 40.1 Å². The second-order valence-corrected chi connectivity index (χ2v) is 11.3. The molecule has 2 aliphatic carbocycles. The van der Waals surface area contributed by atoms with Gasteiger partial charge in [-0.15, -0.1) is 0 Å². The van der Waals surface area contributed by atoms with Crippen molar-refractivity contribution < 1.29 is 54.5 Å². The first-order valence-corrected chi connectivity index (χ1v) is 13.2. The molecule has 3 aliphatic rings. The number of ketones is 3. The van der Waals surface area contributed by atoms with Gasteiger partial charge in [0.05, 0.1) is 38.9 Å². The topological polar surface area (TPSA) is 191 Å². The number of carbonyl (C=O) groups excluding carboxylic acids is 3. The molecule has 6 atom stereocenters. The SMILES string of the molecule is CC1CC(O)C(I)C(O[C@H]2C[C@](O)(C(=O)CO)Cc3c(O)c4c(c(O)c32)C(=O)c2c(O)cccc2C4=O)O1. The molecule has 1 saturated heterocycles. The summed E-state index contributed by atoms with van der Waals surface area (Å²) in [7, 11) is 0. The summed E-state index contributed by atoms with van der Waals surface area (Å²) in [6.45, 7) is 0.696. The number of aromatic hydroxyl groups is 3. The number of alkyl halides is 1. The summed E-state index contributed by atoms with van der Waals surface area (Å²) in [5.74, 6) is -4.65. The van der Waals surface area contributed by atoms with Crippen LogP contribution in [0.1, 0.15) is 68.8 Å². The van der Waals surface area contributed by atoms with Gasteiger partial charge in [-0.25, -0.2) is 0 Å². The van der Waals surface area contributed by atoms with E-state index < -0.39 is 99.3 Å². The fourth-order valence-corrected chi connectivity index (χ4v) is 6.15. The predicted molar refractivity (Wildman–Crippen MR) is 137 cm³/mol. The standard InChI is InChI=1S/C26H25IO11/c1-9-5-13(30)20(27)25(37-9)38-14-7-26(36,15(31)8-28)6-11-17(14)24(35)19-18(22(11)33)21(32)10-3-2-4-12(29)16(10)23(19)34/h2-4,9,13-14,20,25,28-30,33,35-36H,5-8H2,1H3/t9?,13?,14-,20?,25?,26-/m0/s1. The fraction of sp³-hybridized carbons (Fsp3) is 0.423. The summed E-state index contributed by atoms with van der Waals surface area (Å²) in [6.07, 6.45) is -4.38. The highest BCUT2D eigenvalue weighted by molar-refractivity contribution is 14.1. The number of halogens is 1. The van der Waals surface area contributed by atoms with Crippen LogP contribution in [0.2, 0.25) is 0 Å². The highest BCUT2D eigenvalue weighted by Crippen LogP contribution is 2.52. The molecule has 2 aromatic rings. The Labute approximate surface area is 229 Å². The van der Waals surface area contributed by atoms with Crippen molar-refractivity contribution in [3.05, 3.63) is 51.6 Å². The van der Waals surface area contributed by atoms with Crippen LogP contribution in [0.5, 0.6) is 17.2 Å². The quantitative estimate of drug-likeness (QED) is 0.136. The van der Waals surface area contributed by atoms with E-state index in [2.05, 4.69) is 0 Å². The number of carbonyl (C=O) groups is 3. The zero-order chi connectivity index (χ0) is 27.7. The Morgan fingerprint density at radius 2 is 1.82 bits per heavy atom. The van der Waals surface area contributed by atoms with Gasteiger partial charge in [-0.1, -0.05) is 34.7 Å². The maximum Gasteiger partial charge on any atom is 0.202 e. The predicted octanol–water partition coefficient (Wildman–Crippen LogP) is 1.17. The van der Waals surface area contributed by atoms with Crippen molar-refractivity contribution in [2.24, 2.45) is 0 Å². The monoisotopic (exact) mass is 640 g/mol. The molecule has 4 unspecified atom stereocenters. The van der Waals surface area contributed by atoms with Gasteiger partial charge in [-0.3, -0.25) is 14.4 Å². The third-order valence-corrected chi connectivity index (χ3v) is 8.82. The lowest BCUT2D eigenvalue weighted by molar-refractivity contribution is -0.232. The van der Waals surface area contributed by atoms with E-state index in [1.54, 1.807) is 6.92 Å². The van der Waals surface area contributed by atoms with Crippen LogP contribution < -0.4 is 0 Å². The number of fused-ring (bicyclic) bond motifs is 3. The third-order valence-electron chi connectivity index (χ3n) is 7.40. The summed E-state index contributed by atoms with van der Waals surface area (Å²) in [5, 5.41) is 64.1. The fourth-order valence-electron chi connectivity index (χ4n) is 5.52. The van der Waals surface area contributed by atoms with Crippen molar-refractivity contribution in [2.75, 3.05) is 6.61 Å². The van der Waals surface area contributed by atoms with E-state index >= 15 is 0 Å². The molecular formula is C26H25IO11. The van der Waals surface area contributed by atoms with Gasteiger partial charge in [0.2, 0.25) is 5.78 Å². The summed E-state index contributed by atoms with van der Waals surface area (Å²) < 4.78 is 11.3. The highest BCUT2D eigenvalue weighted by atomic mass is 127. The first-order valence-electron chi connectivity index (χ1n) is 11.9. The second-order valence-electron chi connectivity index (χ2n) is 9.88. The van der Waals surface area contributed by atoms with Crippen LogP contribution in [-0.2, 0) is 20.7 Å². The maximum atomic E-state index is 13.4. The first-order chi connectivity index (χ1) is 17.9. The summed E-state index contributed by atoms with van der Waals surface area (Å²) in [4.78, 5) is 39.4. The average molecular weight is 640 g/mol. The molecule has 2 aromatic carbocycles. The lowest BCUT2D eigenvalue weighted by Crippen LogP contribution is -2.50.